The molecule has 0 saturated carbocycles. The summed E-state index contributed by atoms with van der Waals surface area (Å²) in [6.45, 7) is 0. The summed E-state index contributed by atoms with van der Waals surface area (Å²) in [7, 11) is 0. The number of hydrogen-bond donors (Lipinski definition) is 0. The maximum absolute atomic E-state index is 12.5. The Morgan fingerprint density at radius 1 is 0.957 bits per heavy atom. The summed E-state index contributed by atoms with van der Waals surface area (Å²) in [5.41, 5.74) is 0.782. The van der Waals surface area contributed by atoms with Crippen molar-refractivity contribution in [2.45, 2.75) is 6.18 Å². The summed E-state index contributed by atoms with van der Waals surface area (Å²) < 4.78 is 37.6. The Bertz CT molecular complexity index is 823. The number of carbonyl (C=O) groups is 1. The number of carbonyl (C=O) groups excluding carboxylic acids is 1. The molecule has 0 unspecified atom stereocenters. The van der Waals surface area contributed by atoms with Crippen molar-refractivity contribution in [3.8, 4) is 17.1 Å². The van der Waals surface area contributed by atoms with Crippen molar-refractivity contribution >= 4 is 6.29 Å². The lowest BCUT2D eigenvalue weighted by atomic mass is 10.1. The van der Waals surface area contributed by atoms with Crippen LogP contribution in [0.2, 0.25) is 0 Å². The second-order valence-electron chi connectivity index (χ2n) is 4.69. The monoisotopic (exact) mass is 318 g/mol. The second kappa shape index (κ2) is 5.64. The van der Waals surface area contributed by atoms with Crippen LogP contribution in [0.4, 0.5) is 13.2 Å². The number of aldehydes is 1. The number of aromatic nitrogens is 4. The lowest BCUT2D eigenvalue weighted by molar-refractivity contribution is -0.137. The van der Waals surface area contributed by atoms with E-state index < -0.39 is 11.7 Å². The number of tetrazole rings is 1. The van der Waals surface area contributed by atoms with Gasteiger partial charge in [-0.2, -0.15) is 13.2 Å². The van der Waals surface area contributed by atoms with Gasteiger partial charge in [0, 0.05) is 11.1 Å². The molecular formula is C15H9F3N4O. The fraction of sp³-hybridized carbons (Fsp3) is 0.0667. The average Bonchev–Trinajstić information content (AvgIpc) is 3.04. The molecule has 0 spiro atoms. The fourth-order valence-electron chi connectivity index (χ4n) is 1.93. The van der Waals surface area contributed by atoms with E-state index in [1.54, 1.807) is 24.3 Å². The third-order valence-corrected chi connectivity index (χ3v) is 3.14. The van der Waals surface area contributed by atoms with Gasteiger partial charge in [0.1, 0.15) is 6.29 Å². The smallest absolute Gasteiger partial charge is 0.298 e. The third-order valence-electron chi connectivity index (χ3n) is 3.14. The van der Waals surface area contributed by atoms with Crippen LogP contribution in [0.1, 0.15) is 15.9 Å². The van der Waals surface area contributed by atoms with Crippen molar-refractivity contribution < 1.29 is 18.0 Å². The van der Waals surface area contributed by atoms with Crippen molar-refractivity contribution in [3.05, 3.63) is 59.7 Å². The quantitative estimate of drug-likeness (QED) is 0.696. The van der Waals surface area contributed by atoms with E-state index >= 15 is 0 Å². The molecule has 1 aromatic heterocycles. The first-order valence-corrected chi connectivity index (χ1v) is 6.50. The van der Waals surface area contributed by atoms with Crippen LogP contribution >= 0.6 is 0 Å². The molecule has 0 radical (unpaired) electrons. The van der Waals surface area contributed by atoms with Gasteiger partial charge in [-0.1, -0.05) is 12.1 Å². The van der Waals surface area contributed by atoms with Crippen LogP contribution in [0.5, 0.6) is 0 Å². The molecule has 5 nitrogen and oxygen atoms in total. The molecule has 1 heterocycles. The van der Waals surface area contributed by atoms with E-state index in [-0.39, 0.29) is 5.82 Å². The Balaban J connectivity index is 1.87. The van der Waals surface area contributed by atoms with Gasteiger partial charge < -0.3 is 0 Å². The second-order valence-corrected chi connectivity index (χ2v) is 4.69. The van der Waals surface area contributed by atoms with Gasteiger partial charge in [0.2, 0.25) is 5.82 Å². The van der Waals surface area contributed by atoms with E-state index in [2.05, 4.69) is 15.4 Å². The number of alkyl halides is 3. The van der Waals surface area contributed by atoms with Gasteiger partial charge in [-0.05, 0) is 41.6 Å². The van der Waals surface area contributed by atoms with E-state index in [1.807, 2.05) is 0 Å². The SMILES string of the molecule is O=Cc1ccc(-n2nnc(-c3ccc(C(F)(F)F)cc3)n2)cc1. The normalized spacial score (nSPS) is 11.4. The lowest BCUT2D eigenvalue weighted by Gasteiger charge is -2.05. The van der Waals surface area contributed by atoms with Crippen LogP contribution in [0.25, 0.3) is 17.1 Å². The minimum atomic E-state index is -4.39. The van der Waals surface area contributed by atoms with E-state index in [0.717, 1.165) is 12.1 Å². The summed E-state index contributed by atoms with van der Waals surface area (Å²) in [4.78, 5) is 11.8. The zero-order chi connectivity index (χ0) is 16.4. The molecule has 0 bridgehead atoms. The van der Waals surface area contributed by atoms with Crippen LogP contribution in [-0.2, 0) is 6.18 Å². The molecule has 0 amide bonds. The predicted octanol–water partition coefficient (Wildman–Crippen LogP) is 3.16. The Hall–Kier alpha value is -3.03. The van der Waals surface area contributed by atoms with Gasteiger partial charge in [0.25, 0.3) is 0 Å². The summed E-state index contributed by atoms with van der Waals surface area (Å²) in [5.74, 6) is 0.207. The number of benzene rings is 2. The first kappa shape index (κ1) is 14.9. The van der Waals surface area contributed by atoms with Gasteiger partial charge in [-0.15, -0.1) is 15.0 Å². The molecule has 2 aromatic carbocycles. The number of rotatable bonds is 3. The van der Waals surface area contributed by atoms with Gasteiger partial charge in [-0.25, -0.2) is 0 Å². The molecule has 3 rings (SSSR count). The number of nitrogens with zero attached hydrogens (tertiary/aromatic N) is 4. The fourth-order valence-corrected chi connectivity index (χ4v) is 1.93. The molecule has 0 fully saturated rings. The summed E-state index contributed by atoms with van der Waals surface area (Å²) in [5, 5.41) is 11.8. The largest absolute Gasteiger partial charge is 0.416 e. The van der Waals surface area contributed by atoms with Gasteiger partial charge >= 0.3 is 6.18 Å². The van der Waals surface area contributed by atoms with E-state index in [4.69, 9.17) is 0 Å². The molecule has 0 saturated heterocycles. The molecule has 0 atom stereocenters. The average molecular weight is 318 g/mol. The van der Waals surface area contributed by atoms with E-state index in [9.17, 15) is 18.0 Å². The van der Waals surface area contributed by atoms with Crippen LogP contribution in [0, 0.1) is 0 Å². The highest BCUT2D eigenvalue weighted by molar-refractivity contribution is 5.75. The predicted molar refractivity (Wildman–Crippen MR) is 75.0 cm³/mol. The van der Waals surface area contributed by atoms with Crippen molar-refractivity contribution in [2.75, 3.05) is 0 Å². The molecule has 0 aliphatic rings. The highest BCUT2D eigenvalue weighted by Gasteiger charge is 2.30. The maximum atomic E-state index is 12.5. The van der Waals surface area contributed by atoms with Gasteiger partial charge in [0.15, 0.2) is 0 Å². The van der Waals surface area contributed by atoms with Crippen LogP contribution in [0.3, 0.4) is 0 Å². The van der Waals surface area contributed by atoms with Crippen LogP contribution in [-0.4, -0.2) is 26.5 Å². The maximum Gasteiger partial charge on any atom is 0.416 e. The molecule has 3 aromatic rings. The van der Waals surface area contributed by atoms with Gasteiger partial charge in [-0.3, -0.25) is 4.79 Å². The molecule has 23 heavy (non-hydrogen) atoms. The molecule has 116 valence electrons. The number of hydrogen-bond acceptors (Lipinski definition) is 4. The minimum Gasteiger partial charge on any atom is -0.298 e. The Morgan fingerprint density at radius 3 is 2.17 bits per heavy atom. The van der Waals surface area contributed by atoms with E-state index in [0.29, 0.717) is 23.1 Å². The summed E-state index contributed by atoms with van der Waals surface area (Å²) >= 11 is 0. The van der Waals surface area contributed by atoms with Crippen molar-refractivity contribution in [3.63, 3.8) is 0 Å². The topological polar surface area (TPSA) is 60.7 Å². The zero-order valence-electron chi connectivity index (χ0n) is 11.5. The molecule has 0 aliphatic heterocycles. The zero-order valence-corrected chi connectivity index (χ0v) is 11.5. The van der Waals surface area contributed by atoms with E-state index in [1.165, 1.54) is 16.9 Å². The highest BCUT2D eigenvalue weighted by Crippen LogP contribution is 2.30. The molecule has 0 N–H and O–H groups in total. The Labute approximate surface area is 128 Å². The van der Waals surface area contributed by atoms with Crippen molar-refractivity contribution in [1.82, 2.24) is 20.2 Å². The summed E-state index contributed by atoms with van der Waals surface area (Å²) in [6.07, 6.45) is -3.67. The number of halogens is 3. The Morgan fingerprint density at radius 2 is 1.61 bits per heavy atom. The van der Waals surface area contributed by atoms with Crippen molar-refractivity contribution in [2.24, 2.45) is 0 Å². The van der Waals surface area contributed by atoms with Gasteiger partial charge in [0.05, 0.1) is 11.3 Å². The first-order valence-electron chi connectivity index (χ1n) is 6.50. The molecule has 8 heteroatoms. The third kappa shape index (κ3) is 3.10. The standard InChI is InChI=1S/C15H9F3N4O/c16-15(17,18)12-5-3-11(4-6-12)14-19-21-22(20-14)13-7-1-10(9-23)2-8-13/h1-9H. The first-order chi connectivity index (χ1) is 11.0. The highest BCUT2D eigenvalue weighted by atomic mass is 19.4. The lowest BCUT2D eigenvalue weighted by Crippen LogP contribution is -2.04. The van der Waals surface area contributed by atoms with Crippen molar-refractivity contribution in [1.29, 1.82) is 0 Å². The molecule has 0 aliphatic carbocycles. The summed E-state index contributed by atoms with van der Waals surface area (Å²) in [6, 6.07) is 11.0. The van der Waals surface area contributed by atoms with Crippen LogP contribution < -0.4 is 0 Å². The minimum absolute atomic E-state index is 0.207. The Kier molecular flexibility index (Phi) is 3.65. The molecular weight excluding hydrogens is 309 g/mol. The van der Waals surface area contributed by atoms with Crippen LogP contribution in [0.15, 0.2) is 48.5 Å².